The molecule has 2 heterocycles. The van der Waals surface area contributed by atoms with Gasteiger partial charge in [-0.2, -0.15) is 0 Å². The zero-order valence-electron chi connectivity index (χ0n) is 22.5. The van der Waals surface area contributed by atoms with E-state index < -0.39 is 0 Å². The summed E-state index contributed by atoms with van der Waals surface area (Å²) in [6, 6.07) is 28.2. The van der Waals surface area contributed by atoms with Crippen molar-refractivity contribution in [2.75, 3.05) is 0 Å². The fourth-order valence-electron chi connectivity index (χ4n) is 5.55. The molecule has 0 radical (unpaired) electrons. The first-order valence-electron chi connectivity index (χ1n) is 13.4. The van der Waals surface area contributed by atoms with E-state index in [2.05, 4.69) is 125 Å². The monoisotopic (exact) mass is 486 g/mol. The van der Waals surface area contributed by atoms with Crippen molar-refractivity contribution in [1.29, 1.82) is 0 Å². The Morgan fingerprint density at radius 3 is 2.08 bits per heavy atom. The number of furan rings is 1. The summed E-state index contributed by atoms with van der Waals surface area (Å²) < 4.78 is 8.99. The number of hydrogen-bond acceptors (Lipinski definition) is 2. The van der Waals surface area contributed by atoms with E-state index in [1.807, 2.05) is 0 Å². The average Bonchev–Trinajstić information content (AvgIpc) is 3.46. The number of aromatic nitrogens is 2. The van der Waals surface area contributed by atoms with E-state index in [0.717, 1.165) is 44.4 Å². The van der Waals surface area contributed by atoms with E-state index in [9.17, 15) is 0 Å². The van der Waals surface area contributed by atoms with E-state index >= 15 is 0 Å². The van der Waals surface area contributed by atoms with Gasteiger partial charge in [0.2, 0.25) is 0 Å². The molecule has 3 nitrogen and oxygen atoms in total. The van der Waals surface area contributed by atoms with Gasteiger partial charge >= 0.3 is 0 Å². The van der Waals surface area contributed by atoms with Gasteiger partial charge in [-0.05, 0) is 58.7 Å². The van der Waals surface area contributed by atoms with E-state index in [0.29, 0.717) is 17.8 Å². The molecule has 0 aliphatic carbocycles. The zero-order valence-corrected chi connectivity index (χ0v) is 22.5. The van der Waals surface area contributed by atoms with Gasteiger partial charge in [0, 0.05) is 10.8 Å². The van der Waals surface area contributed by atoms with Crippen LogP contribution in [0, 0.1) is 0 Å². The molecule has 0 saturated heterocycles. The van der Waals surface area contributed by atoms with Crippen molar-refractivity contribution in [3.05, 3.63) is 95.6 Å². The van der Waals surface area contributed by atoms with Crippen molar-refractivity contribution in [2.45, 2.75) is 59.3 Å². The second-order valence-corrected chi connectivity index (χ2v) is 11.0. The largest absolute Gasteiger partial charge is 0.455 e. The number of hydrogen-bond donors (Lipinski definition) is 0. The molecule has 4 aromatic carbocycles. The van der Waals surface area contributed by atoms with Gasteiger partial charge in [0.1, 0.15) is 17.0 Å². The summed E-state index contributed by atoms with van der Waals surface area (Å²) in [5, 5.41) is 2.28. The molecule has 0 aliphatic rings. The second kappa shape index (κ2) is 8.92. The molecular formula is C34H34N2O. The van der Waals surface area contributed by atoms with Crippen LogP contribution in [0.3, 0.4) is 0 Å². The molecule has 0 spiro atoms. The summed E-state index contributed by atoms with van der Waals surface area (Å²) in [5.74, 6) is 2.12. The Hall–Kier alpha value is -3.85. The van der Waals surface area contributed by atoms with Gasteiger partial charge in [-0.3, -0.25) is 4.57 Å². The van der Waals surface area contributed by atoms with Crippen LogP contribution in [0.5, 0.6) is 0 Å². The topological polar surface area (TPSA) is 31.0 Å². The fourth-order valence-corrected chi connectivity index (χ4v) is 5.55. The molecule has 0 aliphatic heterocycles. The summed E-state index contributed by atoms with van der Waals surface area (Å²) in [6.45, 7) is 13.5. The van der Waals surface area contributed by atoms with Crippen molar-refractivity contribution < 1.29 is 4.42 Å². The highest BCUT2D eigenvalue weighted by Crippen LogP contribution is 2.41. The highest BCUT2D eigenvalue weighted by atomic mass is 16.3. The Balaban J connectivity index is 1.72. The van der Waals surface area contributed by atoms with Crippen LogP contribution < -0.4 is 0 Å². The Morgan fingerprint density at radius 2 is 1.38 bits per heavy atom. The standard InChI is InChI=1S/C34H34N2O/c1-20(2)23-17-18-26-27-13-10-14-28(33(27)37-31(26)19-23)34-35-29-15-7-8-16-30(29)36(34)32-24(21(3)4)11-9-12-25(32)22(5)6/h7-22H,1-6H3. The third-order valence-corrected chi connectivity index (χ3v) is 7.56. The number of benzene rings is 4. The molecule has 186 valence electrons. The number of nitrogens with zero attached hydrogens (tertiary/aromatic N) is 2. The van der Waals surface area contributed by atoms with Crippen LogP contribution in [0.4, 0.5) is 0 Å². The minimum absolute atomic E-state index is 0.374. The molecule has 0 bridgehead atoms. The SMILES string of the molecule is CC(C)c1ccc2c(c1)oc1c(-c3nc4ccccc4n3-c3c(C(C)C)cccc3C(C)C)cccc12. The Kier molecular flexibility index (Phi) is 5.67. The van der Waals surface area contributed by atoms with Crippen molar-refractivity contribution in [3.8, 4) is 17.1 Å². The molecular weight excluding hydrogens is 452 g/mol. The lowest BCUT2D eigenvalue weighted by Crippen LogP contribution is -2.08. The first-order chi connectivity index (χ1) is 17.8. The summed E-state index contributed by atoms with van der Waals surface area (Å²) in [5.41, 5.74) is 10.1. The van der Waals surface area contributed by atoms with Gasteiger partial charge in [0.05, 0.1) is 22.3 Å². The lowest BCUT2D eigenvalue weighted by atomic mass is 9.92. The maximum atomic E-state index is 6.62. The molecule has 6 rings (SSSR count). The molecule has 0 amide bonds. The average molecular weight is 487 g/mol. The van der Waals surface area contributed by atoms with Crippen molar-refractivity contribution in [1.82, 2.24) is 9.55 Å². The van der Waals surface area contributed by atoms with Crippen LogP contribution in [-0.2, 0) is 0 Å². The highest BCUT2D eigenvalue weighted by Gasteiger charge is 2.24. The normalized spacial score (nSPS) is 12.2. The Bertz CT molecular complexity index is 1740. The van der Waals surface area contributed by atoms with Gasteiger partial charge in [0.25, 0.3) is 0 Å². The van der Waals surface area contributed by atoms with E-state index in [-0.39, 0.29) is 0 Å². The minimum Gasteiger partial charge on any atom is -0.455 e. The van der Waals surface area contributed by atoms with Gasteiger partial charge in [0.15, 0.2) is 0 Å². The molecule has 0 unspecified atom stereocenters. The summed E-state index contributed by atoms with van der Waals surface area (Å²) >= 11 is 0. The van der Waals surface area contributed by atoms with Crippen LogP contribution in [0.15, 0.2) is 83.3 Å². The quantitative estimate of drug-likeness (QED) is 0.243. The van der Waals surface area contributed by atoms with E-state index in [1.54, 1.807) is 0 Å². The van der Waals surface area contributed by atoms with Crippen molar-refractivity contribution in [2.24, 2.45) is 0 Å². The van der Waals surface area contributed by atoms with Crippen LogP contribution in [0.2, 0.25) is 0 Å². The van der Waals surface area contributed by atoms with Crippen LogP contribution in [0.1, 0.15) is 76.0 Å². The third-order valence-electron chi connectivity index (χ3n) is 7.56. The van der Waals surface area contributed by atoms with Gasteiger partial charge in [-0.15, -0.1) is 0 Å². The molecule has 0 atom stereocenters. The number of fused-ring (bicyclic) bond motifs is 4. The first-order valence-corrected chi connectivity index (χ1v) is 13.4. The van der Waals surface area contributed by atoms with Gasteiger partial charge in [-0.25, -0.2) is 4.98 Å². The smallest absolute Gasteiger partial charge is 0.149 e. The maximum Gasteiger partial charge on any atom is 0.149 e. The van der Waals surface area contributed by atoms with Crippen molar-refractivity contribution >= 4 is 33.0 Å². The number of rotatable bonds is 5. The number of imidazole rings is 1. The molecule has 37 heavy (non-hydrogen) atoms. The predicted octanol–water partition coefficient (Wildman–Crippen LogP) is 9.96. The third kappa shape index (κ3) is 3.76. The zero-order chi connectivity index (χ0) is 25.8. The summed E-state index contributed by atoms with van der Waals surface area (Å²) in [7, 11) is 0. The molecule has 6 aromatic rings. The van der Waals surface area contributed by atoms with E-state index in [4.69, 9.17) is 9.40 Å². The van der Waals surface area contributed by atoms with Crippen LogP contribution in [-0.4, -0.2) is 9.55 Å². The predicted molar refractivity (Wildman–Crippen MR) is 156 cm³/mol. The lowest BCUT2D eigenvalue weighted by molar-refractivity contribution is 0.667. The van der Waals surface area contributed by atoms with E-state index in [1.165, 1.54) is 22.4 Å². The van der Waals surface area contributed by atoms with Crippen molar-refractivity contribution in [3.63, 3.8) is 0 Å². The molecule has 0 saturated carbocycles. The lowest BCUT2D eigenvalue weighted by Gasteiger charge is -2.22. The molecule has 0 fully saturated rings. The fraction of sp³-hybridized carbons (Fsp3) is 0.265. The highest BCUT2D eigenvalue weighted by molar-refractivity contribution is 6.09. The molecule has 2 aromatic heterocycles. The van der Waals surface area contributed by atoms with Gasteiger partial charge in [-0.1, -0.05) is 96.1 Å². The number of para-hydroxylation sites is 4. The second-order valence-electron chi connectivity index (χ2n) is 11.0. The first kappa shape index (κ1) is 23.5. The minimum atomic E-state index is 0.374. The summed E-state index contributed by atoms with van der Waals surface area (Å²) in [4.78, 5) is 5.23. The molecule has 0 N–H and O–H groups in total. The van der Waals surface area contributed by atoms with Gasteiger partial charge < -0.3 is 4.42 Å². The van der Waals surface area contributed by atoms with Crippen LogP contribution >= 0.6 is 0 Å². The summed E-state index contributed by atoms with van der Waals surface area (Å²) in [6.07, 6.45) is 0. The maximum absolute atomic E-state index is 6.62. The Labute approximate surface area is 218 Å². The Morgan fingerprint density at radius 1 is 0.676 bits per heavy atom. The molecule has 3 heteroatoms. The van der Waals surface area contributed by atoms with Crippen LogP contribution in [0.25, 0.3) is 50.0 Å².